The molecule has 1 fully saturated rings. The molecule has 142 valence electrons. The average Bonchev–Trinajstić information content (AvgIpc) is 3.14. The van der Waals surface area contributed by atoms with Crippen LogP contribution in [-0.2, 0) is 10.2 Å². The maximum atomic E-state index is 13.2. The first-order chi connectivity index (χ1) is 12.5. The van der Waals surface area contributed by atoms with Crippen molar-refractivity contribution in [1.82, 2.24) is 9.03 Å². The highest BCUT2D eigenvalue weighted by molar-refractivity contribution is 7.87. The summed E-state index contributed by atoms with van der Waals surface area (Å²) in [5.41, 5.74) is 0.896. The first-order valence-corrected chi connectivity index (χ1v) is 10.4. The van der Waals surface area contributed by atoms with Crippen molar-refractivity contribution in [2.45, 2.75) is 32.1 Å². The highest BCUT2D eigenvalue weighted by Crippen LogP contribution is 2.28. The summed E-state index contributed by atoms with van der Waals surface area (Å²) in [6, 6.07) is 9.89. The molecule has 0 radical (unpaired) electrons. The van der Waals surface area contributed by atoms with Gasteiger partial charge >= 0.3 is 0 Å². The lowest BCUT2D eigenvalue weighted by Crippen LogP contribution is -2.45. The van der Waals surface area contributed by atoms with Gasteiger partial charge in [0.25, 0.3) is 10.2 Å². The Balaban J connectivity index is 1.64. The fourth-order valence-corrected chi connectivity index (χ4v) is 4.56. The summed E-state index contributed by atoms with van der Waals surface area (Å²) in [4.78, 5) is 0. The van der Waals surface area contributed by atoms with Crippen molar-refractivity contribution in [3.05, 3.63) is 59.8 Å². The van der Waals surface area contributed by atoms with E-state index in [0.717, 1.165) is 24.2 Å². The molecular weight excluding hydrogens is 355 g/mol. The number of nitrogens with zero attached hydrogens (tertiary/aromatic N) is 1. The van der Waals surface area contributed by atoms with Gasteiger partial charge in [-0.3, -0.25) is 0 Å². The standard InChI is InChI=1S/C19H25FN2O3S/c1-15-9-12-22(13-10-15)26(23,24)21-11-8-18(19-3-2-14-25-19)16-4-6-17(20)7-5-16/h2-7,14-15,18,21H,8-13H2,1H3/t18-/m1/s1. The summed E-state index contributed by atoms with van der Waals surface area (Å²) in [6.45, 7) is 3.57. The minimum Gasteiger partial charge on any atom is -0.469 e. The number of rotatable bonds is 7. The fourth-order valence-electron chi connectivity index (χ4n) is 3.31. The zero-order valence-corrected chi connectivity index (χ0v) is 15.7. The molecule has 0 spiro atoms. The molecule has 26 heavy (non-hydrogen) atoms. The normalized spacial score (nSPS) is 18.1. The molecule has 1 aromatic carbocycles. The molecule has 3 rings (SSSR count). The van der Waals surface area contributed by atoms with E-state index in [9.17, 15) is 12.8 Å². The van der Waals surface area contributed by atoms with Gasteiger partial charge in [0.15, 0.2) is 0 Å². The third kappa shape index (κ3) is 4.72. The van der Waals surface area contributed by atoms with Crippen LogP contribution in [0.25, 0.3) is 0 Å². The molecule has 7 heteroatoms. The van der Waals surface area contributed by atoms with Crippen LogP contribution in [-0.4, -0.2) is 32.4 Å². The van der Waals surface area contributed by atoms with Crippen molar-refractivity contribution < 1.29 is 17.2 Å². The molecular formula is C19H25FN2O3S. The molecule has 1 N–H and O–H groups in total. The fraction of sp³-hybridized carbons (Fsp3) is 0.474. The van der Waals surface area contributed by atoms with Crippen LogP contribution >= 0.6 is 0 Å². The molecule has 0 bridgehead atoms. The van der Waals surface area contributed by atoms with E-state index in [4.69, 9.17) is 4.42 Å². The van der Waals surface area contributed by atoms with Gasteiger partial charge in [-0.2, -0.15) is 12.7 Å². The quantitative estimate of drug-likeness (QED) is 0.800. The first-order valence-electron chi connectivity index (χ1n) is 8.99. The molecule has 0 saturated carbocycles. The van der Waals surface area contributed by atoms with Crippen LogP contribution in [0.3, 0.4) is 0 Å². The van der Waals surface area contributed by atoms with Gasteiger partial charge in [-0.1, -0.05) is 19.1 Å². The molecule has 5 nitrogen and oxygen atoms in total. The summed E-state index contributed by atoms with van der Waals surface area (Å²) >= 11 is 0. The predicted octanol–water partition coefficient (Wildman–Crippen LogP) is 3.51. The number of nitrogens with one attached hydrogen (secondary N) is 1. The zero-order chi connectivity index (χ0) is 18.6. The van der Waals surface area contributed by atoms with Gasteiger partial charge in [0.2, 0.25) is 0 Å². The molecule has 1 aromatic heterocycles. The van der Waals surface area contributed by atoms with Crippen molar-refractivity contribution in [2.24, 2.45) is 5.92 Å². The maximum Gasteiger partial charge on any atom is 0.279 e. The van der Waals surface area contributed by atoms with Crippen molar-refractivity contribution in [3.63, 3.8) is 0 Å². The van der Waals surface area contributed by atoms with Gasteiger partial charge < -0.3 is 4.42 Å². The molecule has 0 unspecified atom stereocenters. The number of halogens is 1. The summed E-state index contributed by atoms with van der Waals surface area (Å²) in [7, 11) is -3.47. The Kier molecular flexibility index (Phi) is 6.11. The molecule has 1 aliphatic rings. The second-order valence-corrected chi connectivity index (χ2v) is 8.64. The Labute approximate surface area is 154 Å². The van der Waals surface area contributed by atoms with Gasteiger partial charge in [-0.15, -0.1) is 0 Å². The number of hydrogen-bond donors (Lipinski definition) is 1. The smallest absolute Gasteiger partial charge is 0.279 e. The maximum absolute atomic E-state index is 13.2. The van der Waals surface area contributed by atoms with E-state index in [0.29, 0.717) is 25.4 Å². The molecule has 1 atom stereocenters. The number of hydrogen-bond acceptors (Lipinski definition) is 3. The minimum atomic E-state index is -3.47. The second-order valence-electron chi connectivity index (χ2n) is 6.89. The summed E-state index contributed by atoms with van der Waals surface area (Å²) < 4.78 is 47.9. The van der Waals surface area contributed by atoms with Crippen LogP contribution in [0.5, 0.6) is 0 Å². The minimum absolute atomic E-state index is 0.130. The van der Waals surface area contributed by atoms with Gasteiger partial charge in [0, 0.05) is 25.6 Å². The van der Waals surface area contributed by atoms with Crippen LogP contribution in [0.4, 0.5) is 4.39 Å². The van der Waals surface area contributed by atoms with Crippen molar-refractivity contribution in [1.29, 1.82) is 0 Å². The lowest BCUT2D eigenvalue weighted by Gasteiger charge is -2.29. The van der Waals surface area contributed by atoms with E-state index < -0.39 is 10.2 Å². The highest BCUT2D eigenvalue weighted by atomic mass is 32.2. The van der Waals surface area contributed by atoms with Crippen LogP contribution in [0.1, 0.15) is 43.4 Å². The Morgan fingerprint density at radius 2 is 1.92 bits per heavy atom. The Hall–Kier alpha value is -1.70. The first kappa shape index (κ1) is 19.1. The van der Waals surface area contributed by atoms with Gasteiger partial charge in [0.05, 0.1) is 6.26 Å². The highest BCUT2D eigenvalue weighted by Gasteiger charge is 2.26. The lowest BCUT2D eigenvalue weighted by atomic mass is 9.93. The Bertz CT molecular complexity index is 783. The lowest BCUT2D eigenvalue weighted by molar-refractivity contribution is 0.285. The number of piperidine rings is 1. The molecule has 0 amide bonds. The van der Waals surface area contributed by atoms with Gasteiger partial charge in [0.1, 0.15) is 11.6 Å². The van der Waals surface area contributed by atoms with E-state index >= 15 is 0 Å². The molecule has 1 aliphatic heterocycles. The van der Waals surface area contributed by atoms with E-state index in [-0.39, 0.29) is 18.3 Å². The Morgan fingerprint density at radius 1 is 1.23 bits per heavy atom. The third-order valence-corrected chi connectivity index (χ3v) is 6.57. The monoisotopic (exact) mass is 380 g/mol. The van der Waals surface area contributed by atoms with E-state index in [1.165, 1.54) is 16.4 Å². The SMILES string of the molecule is CC1CCN(S(=O)(=O)NCC[C@H](c2ccc(F)cc2)c2ccco2)CC1. The van der Waals surface area contributed by atoms with Crippen LogP contribution in [0.2, 0.25) is 0 Å². The van der Waals surface area contributed by atoms with Gasteiger partial charge in [-0.05, 0) is 55.0 Å². The number of furan rings is 1. The van der Waals surface area contributed by atoms with E-state index in [2.05, 4.69) is 11.6 Å². The topological polar surface area (TPSA) is 62.6 Å². The second kappa shape index (κ2) is 8.33. The van der Waals surface area contributed by atoms with Crippen molar-refractivity contribution in [3.8, 4) is 0 Å². The zero-order valence-electron chi connectivity index (χ0n) is 14.9. The van der Waals surface area contributed by atoms with E-state index in [1.807, 2.05) is 6.07 Å². The summed E-state index contributed by atoms with van der Waals surface area (Å²) in [5.74, 6) is 0.882. The molecule has 2 aromatic rings. The Morgan fingerprint density at radius 3 is 2.54 bits per heavy atom. The summed E-state index contributed by atoms with van der Waals surface area (Å²) in [5, 5.41) is 0. The number of benzene rings is 1. The van der Waals surface area contributed by atoms with Crippen molar-refractivity contribution in [2.75, 3.05) is 19.6 Å². The van der Waals surface area contributed by atoms with Crippen molar-refractivity contribution >= 4 is 10.2 Å². The largest absolute Gasteiger partial charge is 0.469 e. The predicted molar refractivity (Wildman–Crippen MR) is 98.5 cm³/mol. The van der Waals surface area contributed by atoms with Crippen LogP contribution in [0, 0.1) is 11.7 Å². The average molecular weight is 380 g/mol. The summed E-state index contributed by atoms with van der Waals surface area (Å²) in [6.07, 6.45) is 3.91. The third-order valence-electron chi connectivity index (χ3n) is 4.96. The molecule has 0 aliphatic carbocycles. The van der Waals surface area contributed by atoms with Crippen LogP contribution < -0.4 is 4.72 Å². The van der Waals surface area contributed by atoms with Gasteiger partial charge in [-0.25, -0.2) is 9.11 Å². The van der Waals surface area contributed by atoms with Crippen LogP contribution in [0.15, 0.2) is 47.1 Å². The molecule has 1 saturated heterocycles. The molecule has 2 heterocycles. The van der Waals surface area contributed by atoms with E-state index in [1.54, 1.807) is 24.5 Å².